The van der Waals surface area contributed by atoms with Gasteiger partial charge in [0.15, 0.2) is 0 Å². The molecule has 0 fully saturated rings. The van der Waals surface area contributed by atoms with Crippen LogP contribution >= 0.6 is 0 Å². The second-order valence-electron chi connectivity index (χ2n) is 2.82. The molecule has 58 valence electrons. The van der Waals surface area contributed by atoms with Crippen LogP contribution in [0.1, 0.15) is 31.0 Å². The molecule has 2 nitrogen and oxygen atoms in total. The zero-order valence-electron chi connectivity index (χ0n) is 6.83. The molecular weight excluding hydrogens is 136 g/mol. The van der Waals surface area contributed by atoms with Crippen LogP contribution in [0.2, 0.25) is 0 Å². The van der Waals surface area contributed by atoms with Gasteiger partial charge < -0.3 is 5.41 Å². The zero-order valence-corrected chi connectivity index (χ0v) is 6.83. The fraction of sp³-hybridized carbons (Fsp3) is 0.333. The lowest BCUT2D eigenvalue weighted by molar-refractivity contribution is 0.857. The Bertz CT molecular complexity index is 236. The van der Waals surface area contributed by atoms with Gasteiger partial charge in [0.1, 0.15) is 0 Å². The van der Waals surface area contributed by atoms with Crippen molar-refractivity contribution in [1.82, 2.24) is 4.98 Å². The van der Waals surface area contributed by atoms with E-state index in [1.54, 1.807) is 0 Å². The van der Waals surface area contributed by atoms with Gasteiger partial charge in [0, 0.05) is 12.4 Å². The van der Waals surface area contributed by atoms with E-state index in [4.69, 9.17) is 5.41 Å². The number of nitrogens with one attached hydrogen (secondary N) is 1. The Morgan fingerprint density at radius 2 is 2.18 bits per heavy atom. The second-order valence-corrected chi connectivity index (χ2v) is 2.82. The van der Waals surface area contributed by atoms with Crippen molar-refractivity contribution in [2.45, 2.75) is 19.8 Å². The van der Waals surface area contributed by atoms with Crippen LogP contribution < -0.4 is 0 Å². The fourth-order valence-corrected chi connectivity index (χ4v) is 0.844. The van der Waals surface area contributed by atoms with Crippen molar-refractivity contribution in [1.29, 1.82) is 5.41 Å². The predicted octanol–water partition coefficient (Wildman–Crippen LogP) is 2.20. The molecule has 1 heterocycles. The molecular formula is C9H12N2. The maximum absolute atomic E-state index is 6.93. The summed E-state index contributed by atoms with van der Waals surface area (Å²) >= 11 is 0. The normalized spacial score (nSPS) is 10.1. The maximum Gasteiger partial charge on any atom is 0.0805 e. The summed E-state index contributed by atoms with van der Waals surface area (Å²) in [5.41, 5.74) is 1.94. The van der Waals surface area contributed by atoms with Crippen molar-refractivity contribution in [3.8, 4) is 0 Å². The monoisotopic (exact) mass is 148 g/mol. The molecule has 1 N–H and O–H groups in total. The van der Waals surface area contributed by atoms with Gasteiger partial charge in [0.25, 0.3) is 0 Å². The third-order valence-corrected chi connectivity index (χ3v) is 1.62. The van der Waals surface area contributed by atoms with Crippen LogP contribution in [-0.2, 0) is 0 Å². The summed E-state index contributed by atoms with van der Waals surface area (Å²) in [4.78, 5) is 4.08. The van der Waals surface area contributed by atoms with E-state index in [1.807, 2.05) is 18.3 Å². The van der Waals surface area contributed by atoms with E-state index >= 15 is 0 Å². The number of nitrogens with zero attached hydrogens (tertiary/aromatic N) is 1. The van der Waals surface area contributed by atoms with Crippen molar-refractivity contribution in [2.75, 3.05) is 0 Å². The SMILES string of the molecule is CC(C)c1ccc(C=N)nc1. The minimum Gasteiger partial charge on any atom is -0.307 e. The molecule has 11 heavy (non-hydrogen) atoms. The average molecular weight is 148 g/mol. The minimum atomic E-state index is 0.516. The first-order valence-corrected chi connectivity index (χ1v) is 3.70. The van der Waals surface area contributed by atoms with Gasteiger partial charge in [-0.25, -0.2) is 0 Å². The molecule has 0 spiro atoms. The molecule has 0 amide bonds. The van der Waals surface area contributed by atoms with Crippen LogP contribution in [0.25, 0.3) is 0 Å². The van der Waals surface area contributed by atoms with Gasteiger partial charge in [0.2, 0.25) is 0 Å². The van der Waals surface area contributed by atoms with Gasteiger partial charge in [-0.2, -0.15) is 0 Å². The molecule has 0 aliphatic rings. The lowest BCUT2D eigenvalue weighted by atomic mass is 10.1. The largest absolute Gasteiger partial charge is 0.307 e. The Hall–Kier alpha value is -1.18. The molecule has 1 rings (SSSR count). The summed E-state index contributed by atoms with van der Waals surface area (Å²) < 4.78 is 0. The molecule has 0 aromatic carbocycles. The summed E-state index contributed by atoms with van der Waals surface area (Å²) in [6.07, 6.45) is 3.08. The minimum absolute atomic E-state index is 0.516. The summed E-state index contributed by atoms with van der Waals surface area (Å²) in [6, 6.07) is 3.88. The smallest absolute Gasteiger partial charge is 0.0805 e. The summed E-state index contributed by atoms with van der Waals surface area (Å²) in [7, 11) is 0. The molecule has 0 saturated carbocycles. The van der Waals surface area contributed by atoms with E-state index in [2.05, 4.69) is 18.8 Å². The number of rotatable bonds is 2. The Balaban J connectivity index is 2.91. The van der Waals surface area contributed by atoms with Crippen LogP contribution in [0.3, 0.4) is 0 Å². The molecule has 0 saturated heterocycles. The van der Waals surface area contributed by atoms with Gasteiger partial charge in [-0.15, -0.1) is 0 Å². The fourth-order valence-electron chi connectivity index (χ4n) is 0.844. The Kier molecular flexibility index (Phi) is 2.36. The molecule has 0 aliphatic heterocycles. The average Bonchev–Trinajstić information content (AvgIpc) is 2.05. The van der Waals surface area contributed by atoms with Crippen molar-refractivity contribution in [3.63, 3.8) is 0 Å². The highest BCUT2D eigenvalue weighted by molar-refractivity contribution is 5.73. The lowest BCUT2D eigenvalue weighted by Crippen LogP contribution is -1.91. The maximum atomic E-state index is 6.93. The Morgan fingerprint density at radius 1 is 1.45 bits per heavy atom. The van der Waals surface area contributed by atoms with Gasteiger partial charge in [-0.05, 0) is 17.5 Å². The molecule has 0 unspecified atom stereocenters. The topological polar surface area (TPSA) is 36.7 Å². The summed E-state index contributed by atoms with van der Waals surface area (Å²) in [6.45, 7) is 4.25. The third kappa shape index (κ3) is 1.87. The van der Waals surface area contributed by atoms with Crippen LogP contribution in [0.15, 0.2) is 18.3 Å². The number of aromatic nitrogens is 1. The highest BCUT2D eigenvalue weighted by Gasteiger charge is 1.97. The van der Waals surface area contributed by atoms with Crippen LogP contribution in [0.4, 0.5) is 0 Å². The molecule has 0 atom stereocenters. The van der Waals surface area contributed by atoms with E-state index in [0.29, 0.717) is 5.92 Å². The van der Waals surface area contributed by atoms with Crippen molar-refractivity contribution in [2.24, 2.45) is 0 Å². The van der Waals surface area contributed by atoms with E-state index in [1.165, 1.54) is 11.8 Å². The Labute approximate surface area is 66.8 Å². The highest BCUT2D eigenvalue weighted by Crippen LogP contribution is 2.11. The first kappa shape index (κ1) is 7.92. The first-order chi connectivity index (χ1) is 5.24. The van der Waals surface area contributed by atoms with Crippen molar-refractivity contribution in [3.05, 3.63) is 29.6 Å². The van der Waals surface area contributed by atoms with Gasteiger partial charge in [0.05, 0.1) is 5.69 Å². The van der Waals surface area contributed by atoms with Crippen LogP contribution in [0.5, 0.6) is 0 Å². The second kappa shape index (κ2) is 3.28. The predicted molar refractivity (Wildman–Crippen MR) is 46.2 cm³/mol. The van der Waals surface area contributed by atoms with Crippen molar-refractivity contribution < 1.29 is 0 Å². The van der Waals surface area contributed by atoms with Gasteiger partial charge in [-0.3, -0.25) is 4.98 Å². The molecule has 1 aromatic rings. The summed E-state index contributed by atoms with van der Waals surface area (Å²) in [5, 5.41) is 6.93. The standard InChI is InChI=1S/C9H12N2/c1-7(2)8-3-4-9(5-10)11-6-8/h3-7,10H,1-2H3. The van der Waals surface area contributed by atoms with Gasteiger partial charge in [-0.1, -0.05) is 19.9 Å². The number of hydrogen-bond donors (Lipinski definition) is 1. The molecule has 0 bridgehead atoms. The van der Waals surface area contributed by atoms with Crippen molar-refractivity contribution >= 4 is 6.21 Å². The zero-order chi connectivity index (χ0) is 8.27. The van der Waals surface area contributed by atoms with Crippen LogP contribution in [0, 0.1) is 5.41 Å². The van der Waals surface area contributed by atoms with Gasteiger partial charge >= 0.3 is 0 Å². The first-order valence-electron chi connectivity index (χ1n) is 3.70. The molecule has 0 radical (unpaired) electrons. The molecule has 2 heteroatoms. The quantitative estimate of drug-likeness (QED) is 0.641. The van der Waals surface area contributed by atoms with Crippen LogP contribution in [-0.4, -0.2) is 11.2 Å². The van der Waals surface area contributed by atoms with E-state index in [-0.39, 0.29) is 0 Å². The highest BCUT2D eigenvalue weighted by atomic mass is 14.7. The molecule has 1 aromatic heterocycles. The summed E-state index contributed by atoms with van der Waals surface area (Å²) in [5.74, 6) is 0.516. The molecule has 0 aliphatic carbocycles. The third-order valence-electron chi connectivity index (χ3n) is 1.62. The number of pyridine rings is 1. The Morgan fingerprint density at radius 3 is 2.55 bits per heavy atom. The van der Waals surface area contributed by atoms with E-state index < -0.39 is 0 Å². The lowest BCUT2D eigenvalue weighted by Gasteiger charge is -2.02. The van der Waals surface area contributed by atoms with E-state index in [9.17, 15) is 0 Å². The van der Waals surface area contributed by atoms with E-state index in [0.717, 1.165) is 5.69 Å². The number of hydrogen-bond acceptors (Lipinski definition) is 2.